The number of rotatable bonds is 8. The lowest BCUT2D eigenvalue weighted by Crippen LogP contribution is -2.14. The smallest absolute Gasteiger partial charge is 0.0901 e. The maximum Gasteiger partial charge on any atom is 0.0901 e. The molecular formula is C16H24BrNOS. The molecule has 0 saturated heterocycles. The second-order valence-electron chi connectivity index (χ2n) is 4.96. The van der Waals surface area contributed by atoms with Gasteiger partial charge in [0.15, 0.2) is 0 Å². The number of thiazole rings is 1. The van der Waals surface area contributed by atoms with Crippen LogP contribution in [0.2, 0.25) is 0 Å². The highest BCUT2D eigenvalue weighted by molar-refractivity contribution is 9.09. The molecule has 112 valence electrons. The van der Waals surface area contributed by atoms with Crippen LogP contribution in [0.15, 0.2) is 22.6 Å². The number of ether oxygens (including phenoxy) is 1. The minimum Gasteiger partial charge on any atom is -0.374 e. The largest absolute Gasteiger partial charge is 0.374 e. The van der Waals surface area contributed by atoms with E-state index in [1.165, 1.54) is 11.1 Å². The van der Waals surface area contributed by atoms with E-state index in [0.29, 0.717) is 0 Å². The van der Waals surface area contributed by atoms with Crippen LogP contribution in [-0.4, -0.2) is 23.0 Å². The summed E-state index contributed by atoms with van der Waals surface area (Å²) in [5.41, 5.74) is 3.62. The van der Waals surface area contributed by atoms with Gasteiger partial charge in [-0.3, -0.25) is 0 Å². The van der Waals surface area contributed by atoms with Crippen LogP contribution < -0.4 is 0 Å². The van der Waals surface area contributed by atoms with E-state index in [4.69, 9.17) is 4.74 Å². The topological polar surface area (TPSA) is 22.1 Å². The molecule has 0 aliphatic heterocycles. The van der Waals surface area contributed by atoms with Crippen LogP contribution in [0.5, 0.6) is 0 Å². The SMILES string of the molecule is CCCO[C@@H](C/C=C(/C)CBr)/C(C)=C/c1csc(C)n1. The van der Waals surface area contributed by atoms with Gasteiger partial charge in [0, 0.05) is 17.3 Å². The number of nitrogens with zero attached hydrogens (tertiary/aromatic N) is 1. The zero-order valence-electron chi connectivity index (χ0n) is 12.8. The molecule has 0 aromatic carbocycles. The van der Waals surface area contributed by atoms with E-state index in [0.717, 1.165) is 35.5 Å². The molecule has 0 aliphatic carbocycles. The van der Waals surface area contributed by atoms with Gasteiger partial charge in [-0.1, -0.05) is 34.5 Å². The van der Waals surface area contributed by atoms with Gasteiger partial charge in [-0.2, -0.15) is 0 Å². The third-order valence-corrected chi connectivity index (χ3v) is 4.61. The fraction of sp³-hybridized carbons (Fsp3) is 0.562. The van der Waals surface area contributed by atoms with Crippen molar-refractivity contribution in [2.45, 2.75) is 46.6 Å². The fourth-order valence-electron chi connectivity index (χ4n) is 1.78. The van der Waals surface area contributed by atoms with Crippen LogP contribution in [0, 0.1) is 6.92 Å². The third kappa shape index (κ3) is 6.33. The van der Waals surface area contributed by atoms with Crippen molar-refractivity contribution in [3.05, 3.63) is 33.3 Å². The van der Waals surface area contributed by atoms with E-state index in [2.05, 4.69) is 59.2 Å². The van der Waals surface area contributed by atoms with E-state index in [1.54, 1.807) is 11.3 Å². The minimum atomic E-state index is 0.144. The summed E-state index contributed by atoms with van der Waals surface area (Å²) in [6.45, 7) is 9.23. The first-order valence-electron chi connectivity index (χ1n) is 7.00. The first kappa shape index (κ1) is 17.6. The van der Waals surface area contributed by atoms with Crippen molar-refractivity contribution in [3.63, 3.8) is 0 Å². The zero-order chi connectivity index (χ0) is 15.0. The van der Waals surface area contributed by atoms with Gasteiger partial charge >= 0.3 is 0 Å². The quantitative estimate of drug-likeness (QED) is 0.460. The van der Waals surface area contributed by atoms with Crippen molar-refractivity contribution in [2.75, 3.05) is 11.9 Å². The van der Waals surface area contributed by atoms with Gasteiger partial charge in [0.25, 0.3) is 0 Å². The molecule has 0 spiro atoms. The highest BCUT2D eigenvalue weighted by Crippen LogP contribution is 2.18. The van der Waals surface area contributed by atoms with Gasteiger partial charge in [0.05, 0.1) is 16.8 Å². The Balaban J connectivity index is 2.77. The highest BCUT2D eigenvalue weighted by Gasteiger charge is 2.10. The summed E-state index contributed by atoms with van der Waals surface area (Å²) in [5, 5.41) is 4.11. The molecule has 0 amide bonds. The molecule has 1 atom stereocenters. The Morgan fingerprint density at radius 3 is 2.80 bits per heavy atom. The van der Waals surface area contributed by atoms with Gasteiger partial charge in [-0.05, 0) is 45.3 Å². The number of halogens is 1. The Morgan fingerprint density at radius 2 is 2.25 bits per heavy atom. The van der Waals surface area contributed by atoms with E-state index < -0.39 is 0 Å². The molecule has 0 bridgehead atoms. The van der Waals surface area contributed by atoms with Crippen LogP contribution in [0.1, 0.15) is 44.3 Å². The summed E-state index contributed by atoms with van der Waals surface area (Å²) >= 11 is 5.16. The number of hydrogen-bond acceptors (Lipinski definition) is 3. The Hall–Kier alpha value is -0.450. The van der Waals surface area contributed by atoms with Crippen LogP contribution in [0.3, 0.4) is 0 Å². The lowest BCUT2D eigenvalue weighted by molar-refractivity contribution is 0.0805. The number of hydrogen-bond donors (Lipinski definition) is 0. The highest BCUT2D eigenvalue weighted by atomic mass is 79.9. The summed E-state index contributed by atoms with van der Waals surface area (Å²) in [4.78, 5) is 4.49. The van der Waals surface area contributed by atoms with E-state index in [1.807, 2.05) is 6.92 Å². The maximum absolute atomic E-state index is 5.97. The average molecular weight is 358 g/mol. The van der Waals surface area contributed by atoms with Gasteiger partial charge in [-0.25, -0.2) is 4.98 Å². The third-order valence-electron chi connectivity index (χ3n) is 2.93. The second-order valence-corrected chi connectivity index (χ2v) is 6.58. The first-order valence-corrected chi connectivity index (χ1v) is 9.00. The summed E-state index contributed by atoms with van der Waals surface area (Å²) in [5.74, 6) is 0. The predicted molar refractivity (Wildman–Crippen MR) is 92.7 cm³/mol. The molecule has 0 N–H and O–H groups in total. The normalized spacial score (nSPS) is 14.7. The van der Waals surface area contributed by atoms with Gasteiger partial charge < -0.3 is 4.74 Å². The predicted octanol–water partition coefficient (Wildman–Crippen LogP) is 5.38. The molecule has 0 fully saturated rings. The molecule has 0 saturated carbocycles. The monoisotopic (exact) mass is 357 g/mol. The lowest BCUT2D eigenvalue weighted by Gasteiger charge is -2.17. The van der Waals surface area contributed by atoms with Crippen molar-refractivity contribution < 1.29 is 4.74 Å². The molecule has 0 aliphatic rings. The van der Waals surface area contributed by atoms with Crippen molar-refractivity contribution >= 4 is 33.3 Å². The summed E-state index contributed by atoms with van der Waals surface area (Å²) in [6.07, 6.45) is 6.50. The number of allylic oxidation sites excluding steroid dienone is 1. The number of aromatic nitrogens is 1. The maximum atomic E-state index is 5.97. The molecular weight excluding hydrogens is 334 g/mol. The van der Waals surface area contributed by atoms with Gasteiger partial charge in [0.2, 0.25) is 0 Å². The second kappa shape index (κ2) is 9.48. The summed E-state index contributed by atoms with van der Waals surface area (Å²) < 4.78 is 5.97. The zero-order valence-corrected chi connectivity index (χ0v) is 15.2. The summed E-state index contributed by atoms with van der Waals surface area (Å²) in [6, 6.07) is 0. The minimum absolute atomic E-state index is 0.144. The van der Waals surface area contributed by atoms with Crippen molar-refractivity contribution in [1.29, 1.82) is 0 Å². The molecule has 0 radical (unpaired) electrons. The van der Waals surface area contributed by atoms with Crippen LogP contribution in [0.25, 0.3) is 6.08 Å². The Labute approximate surface area is 135 Å². The molecule has 0 unspecified atom stereocenters. The van der Waals surface area contributed by atoms with E-state index in [-0.39, 0.29) is 6.10 Å². The van der Waals surface area contributed by atoms with Crippen molar-refractivity contribution in [2.24, 2.45) is 0 Å². The van der Waals surface area contributed by atoms with Crippen LogP contribution >= 0.6 is 27.3 Å². The molecule has 1 aromatic heterocycles. The first-order chi connectivity index (χ1) is 9.56. The van der Waals surface area contributed by atoms with Crippen LogP contribution in [-0.2, 0) is 4.74 Å². The Kier molecular flexibility index (Phi) is 8.34. The van der Waals surface area contributed by atoms with E-state index >= 15 is 0 Å². The lowest BCUT2D eigenvalue weighted by atomic mass is 10.1. The van der Waals surface area contributed by atoms with Crippen LogP contribution in [0.4, 0.5) is 0 Å². The molecule has 1 heterocycles. The van der Waals surface area contributed by atoms with Gasteiger partial charge in [0.1, 0.15) is 0 Å². The molecule has 2 nitrogen and oxygen atoms in total. The van der Waals surface area contributed by atoms with Gasteiger partial charge in [-0.15, -0.1) is 11.3 Å². The Bertz CT molecular complexity index is 465. The standard InChI is InChI=1S/C16H24BrNOS/c1-5-8-19-16(7-6-12(2)10-17)13(3)9-15-11-20-14(4)18-15/h6,9,11,16H,5,7-8,10H2,1-4H3/b12-6-,13-9+/t16-/m0/s1. The number of alkyl halides is 1. The number of aryl methyl sites for hydroxylation is 1. The molecule has 1 aromatic rings. The molecule has 1 rings (SSSR count). The molecule has 4 heteroatoms. The van der Waals surface area contributed by atoms with Crippen molar-refractivity contribution in [3.8, 4) is 0 Å². The average Bonchev–Trinajstić information content (AvgIpc) is 2.83. The van der Waals surface area contributed by atoms with E-state index in [9.17, 15) is 0 Å². The summed E-state index contributed by atoms with van der Waals surface area (Å²) in [7, 11) is 0. The van der Waals surface area contributed by atoms with Crippen molar-refractivity contribution in [1.82, 2.24) is 4.98 Å². The Morgan fingerprint density at radius 1 is 1.50 bits per heavy atom. The molecule has 20 heavy (non-hydrogen) atoms. The fourth-order valence-corrected chi connectivity index (χ4v) is 2.58.